The first-order valence-electron chi connectivity index (χ1n) is 13.7. The van der Waals surface area contributed by atoms with Gasteiger partial charge in [-0.25, -0.2) is 13.4 Å². The lowest BCUT2D eigenvalue weighted by Gasteiger charge is -2.24. The van der Waals surface area contributed by atoms with Crippen molar-refractivity contribution in [1.29, 1.82) is 0 Å². The fourth-order valence-electron chi connectivity index (χ4n) is 4.50. The molecule has 0 aliphatic carbocycles. The number of amides is 1. The van der Waals surface area contributed by atoms with E-state index < -0.39 is 15.9 Å². The number of hydrogen-bond donors (Lipinski definition) is 3. The van der Waals surface area contributed by atoms with Gasteiger partial charge < -0.3 is 29.6 Å². The smallest absolute Gasteiger partial charge is 0.272 e. The molecule has 43 heavy (non-hydrogen) atoms. The van der Waals surface area contributed by atoms with Gasteiger partial charge in [0.2, 0.25) is 21.9 Å². The molecule has 0 aliphatic rings. The summed E-state index contributed by atoms with van der Waals surface area (Å²) in [4.78, 5) is 24.5. The molecule has 0 saturated carbocycles. The molecule has 0 fully saturated rings. The second-order valence-electron chi connectivity index (χ2n) is 11.5. The molecule has 2 aromatic heterocycles. The van der Waals surface area contributed by atoms with Crippen molar-refractivity contribution in [2.75, 3.05) is 55.9 Å². The van der Waals surface area contributed by atoms with Crippen LogP contribution >= 0.6 is 0 Å². The maximum Gasteiger partial charge on any atom is 0.272 e. The summed E-state index contributed by atoms with van der Waals surface area (Å²) >= 11 is 0. The minimum absolute atomic E-state index is 0.202. The van der Waals surface area contributed by atoms with Crippen molar-refractivity contribution in [3.8, 4) is 17.4 Å². The number of para-hydroxylation sites is 1. The van der Waals surface area contributed by atoms with Gasteiger partial charge in [-0.2, -0.15) is 4.98 Å². The van der Waals surface area contributed by atoms with Crippen LogP contribution in [-0.4, -0.2) is 74.3 Å². The maximum absolute atomic E-state index is 13.7. The summed E-state index contributed by atoms with van der Waals surface area (Å²) < 4.78 is 40.2. The van der Waals surface area contributed by atoms with E-state index in [-0.39, 0.29) is 16.9 Å². The lowest BCUT2D eigenvalue weighted by atomic mass is 9.86. The molecular formula is C30H39N7O5S. The van der Waals surface area contributed by atoms with Crippen molar-refractivity contribution in [2.24, 2.45) is 7.05 Å². The number of fused-ring (bicyclic) bond motifs is 1. The van der Waals surface area contributed by atoms with Gasteiger partial charge in [-0.3, -0.25) is 9.52 Å². The summed E-state index contributed by atoms with van der Waals surface area (Å²) in [5.41, 5.74) is 2.10. The second-order valence-corrected chi connectivity index (χ2v) is 13.3. The molecule has 4 rings (SSSR count). The van der Waals surface area contributed by atoms with E-state index in [1.54, 1.807) is 42.1 Å². The Hall–Kier alpha value is -4.36. The van der Waals surface area contributed by atoms with Crippen LogP contribution in [-0.2, 0) is 22.5 Å². The van der Waals surface area contributed by atoms with Gasteiger partial charge in [0.25, 0.3) is 5.91 Å². The Morgan fingerprint density at radius 1 is 1.09 bits per heavy atom. The average Bonchev–Trinajstić information content (AvgIpc) is 3.24. The van der Waals surface area contributed by atoms with E-state index in [0.29, 0.717) is 41.0 Å². The first-order chi connectivity index (χ1) is 20.2. The Balaban J connectivity index is 1.67. The zero-order valence-electron chi connectivity index (χ0n) is 25.8. The number of aryl methyl sites for hydroxylation is 1. The third-order valence-electron chi connectivity index (χ3n) is 6.64. The number of likely N-dealkylation sites (N-methyl/N-ethyl adjacent to an activating group) is 1. The van der Waals surface area contributed by atoms with Crippen LogP contribution in [0.25, 0.3) is 10.9 Å². The average molecular weight is 610 g/mol. The number of rotatable bonds is 11. The molecule has 3 N–H and O–H groups in total. The van der Waals surface area contributed by atoms with Gasteiger partial charge in [-0.15, -0.1) is 0 Å². The van der Waals surface area contributed by atoms with Gasteiger partial charge in [0.1, 0.15) is 5.69 Å². The number of anilines is 3. The van der Waals surface area contributed by atoms with E-state index in [2.05, 4.69) is 30.2 Å². The van der Waals surface area contributed by atoms with E-state index in [9.17, 15) is 13.2 Å². The summed E-state index contributed by atoms with van der Waals surface area (Å²) in [6.07, 6.45) is 2.68. The van der Waals surface area contributed by atoms with Gasteiger partial charge in [-0.05, 0) is 49.3 Å². The summed E-state index contributed by atoms with van der Waals surface area (Å²) in [7, 11) is 3.57. The van der Waals surface area contributed by atoms with Gasteiger partial charge in [0.05, 0.1) is 30.3 Å². The van der Waals surface area contributed by atoms with Gasteiger partial charge in [0, 0.05) is 37.8 Å². The predicted molar refractivity (Wildman–Crippen MR) is 170 cm³/mol. The number of sulfonamides is 1. The Labute approximate surface area is 252 Å². The summed E-state index contributed by atoms with van der Waals surface area (Å²) in [5.74, 6) is 1.12. The minimum atomic E-state index is -3.61. The molecule has 0 saturated heterocycles. The lowest BCUT2D eigenvalue weighted by molar-refractivity contribution is 0.101. The molecular weight excluding hydrogens is 570 g/mol. The number of carbonyl (C=O) groups is 1. The second kappa shape index (κ2) is 12.5. The van der Waals surface area contributed by atoms with Crippen LogP contribution in [0, 0.1) is 0 Å². The molecule has 0 radical (unpaired) electrons. The van der Waals surface area contributed by atoms with Crippen LogP contribution in [0.1, 0.15) is 36.8 Å². The third kappa shape index (κ3) is 7.73. The Kier molecular flexibility index (Phi) is 9.16. The monoisotopic (exact) mass is 609 g/mol. The molecule has 0 unspecified atom stereocenters. The molecule has 230 valence electrons. The first kappa shape index (κ1) is 31.6. The molecule has 13 heteroatoms. The van der Waals surface area contributed by atoms with E-state index >= 15 is 0 Å². The number of nitrogens with zero attached hydrogens (tertiary/aromatic N) is 4. The number of benzene rings is 2. The number of nitrogens with one attached hydrogen (secondary N) is 3. The number of hydrogen-bond acceptors (Lipinski definition) is 9. The predicted octanol–water partition coefficient (Wildman–Crippen LogP) is 4.66. The van der Waals surface area contributed by atoms with Crippen LogP contribution < -0.4 is 24.8 Å². The summed E-state index contributed by atoms with van der Waals surface area (Å²) in [6, 6.07) is 12.5. The van der Waals surface area contributed by atoms with E-state index in [4.69, 9.17) is 9.47 Å². The quantitative estimate of drug-likeness (QED) is 0.221. The van der Waals surface area contributed by atoms with E-state index in [1.165, 1.54) is 7.11 Å². The van der Waals surface area contributed by atoms with Crippen LogP contribution in [0.4, 0.5) is 17.3 Å². The van der Waals surface area contributed by atoms with Crippen LogP contribution in [0.5, 0.6) is 17.4 Å². The molecule has 2 heterocycles. The number of ether oxygens (including phenoxy) is 2. The number of methoxy groups -OCH3 is 1. The fraction of sp³-hybridized carbons (Fsp3) is 0.367. The summed E-state index contributed by atoms with van der Waals surface area (Å²) in [5, 5.41) is 6.90. The maximum atomic E-state index is 13.7. The number of aromatic nitrogens is 3. The van der Waals surface area contributed by atoms with Crippen molar-refractivity contribution < 1.29 is 22.7 Å². The van der Waals surface area contributed by atoms with E-state index in [1.807, 2.05) is 53.1 Å². The van der Waals surface area contributed by atoms with Gasteiger partial charge in [-0.1, -0.05) is 32.9 Å². The van der Waals surface area contributed by atoms with Gasteiger partial charge in [0.15, 0.2) is 11.5 Å². The zero-order chi connectivity index (χ0) is 31.5. The highest BCUT2D eigenvalue weighted by atomic mass is 32.2. The highest BCUT2D eigenvalue weighted by molar-refractivity contribution is 7.92. The lowest BCUT2D eigenvalue weighted by Crippen LogP contribution is -2.21. The van der Waals surface area contributed by atoms with Crippen LogP contribution in [0.15, 0.2) is 48.7 Å². The van der Waals surface area contributed by atoms with Gasteiger partial charge >= 0.3 is 0 Å². The largest absolute Gasteiger partial charge is 0.492 e. The molecule has 1 amide bonds. The SMILES string of the molecule is COc1c(NC(=O)c2cc3cccc(Oc4ccnc(NCCN(C)C)n4)c3n2C)cc(C(C)(C)C)cc1NS(C)(=O)=O. The zero-order valence-corrected chi connectivity index (χ0v) is 26.6. The number of carbonyl (C=O) groups excluding carboxylic acids is 1. The Bertz CT molecular complexity index is 1740. The Morgan fingerprint density at radius 2 is 1.81 bits per heavy atom. The topological polar surface area (TPSA) is 140 Å². The Morgan fingerprint density at radius 3 is 2.47 bits per heavy atom. The van der Waals surface area contributed by atoms with Crippen molar-refractivity contribution in [1.82, 2.24) is 19.4 Å². The van der Waals surface area contributed by atoms with Crippen molar-refractivity contribution in [3.63, 3.8) is 0 Å². The fourth-order valence-corrected chi connectivity index (χ4v) is 5.06. The molecule has 12 nitrogen and oxygen atoms in total. The molecule has 2 aromatic carbocycles. The third-order valence-corrected chi connectivity index (χ3v) is 7.23. The van der Waals surface area contributed by atoms with E-state index in [0.717, 1.165) is 23.8 Å². The van der Waals surface area contributed by atoms with Crippen molar-refractivity contribution in [3.05, 3.63) is 59.9 Å². The van der Waals surface area contributed by atoms with Crippen molar-refractivity contribution in [2.45, 2.75) is 26.2 Å². The molecule has 0 spiro atoms. The first-order valence-corrected chi connectivity index (χ1v) is 15.5. The summed E-state index contributed by atoms with van der Waals surface area (Å²) in [6.45, 7) is 7.49. The van der Waals surface area contributed by atoms with Crippen molar-refractivity contribution >= 4 is 44.2 Å². The molecule has 0 bridgehead atoms. The standard InChI is InChI=1S/C30H39N7O5S/c1-30(2,3)20-17-21(27(41-7)22(18-20)35-43(8,39)40)33-28(38)23-16-19-10-9-11-24(26(19)37(23)6)42-25-12-13-31-29(34-25)32-14-15-36(4)5/h9-13,16-18,35H,14-15H2,1-8H3,(H,33,38)(H,31,32,34). The highest BCUT2D eigenvalue weighted by Crippen LogP contribution is 2.40. The highest BCUT2D eigenvalue weighted by Gasteiger charge is 2.24. The molecule has 4 aromatic rings. The normalized spacial score (nSPS) is 11.9. The molecule has 0 aliphatic heterocycles. The minimum Gasteiger partial charge on any atom is -0.492 e. The molecule has 0 atom stereocenters. The van der Waals surface area contributed by atoms with Crippen LogP contribution in [0.2, 0.25) is 0 Å². The van der Waals surface area contributed by atoms with Crippen LogP contribution in [0.3, 0.4) is 0 Å².